The van der Waals surface area contributed by atoms with E-state index in [1.54, 1.807) is 0 Å². The lowest BCUT2D eigenvalue weighted by Crippen LogP contribution is -2.12. The molecule has 1 rings (SSSR count). The van der Waals surface area contributed by atoms with Gasteiger partial charge in [0, 0.05) is 26.2 Å². The Labute approximate surface area is 121 Å². The highest BCUT2D eigenvalue weighted by atomic mass is 16.5. The molecule has 6 heteroatoms. The number of hydrogen-bond donors (Lipinski definition) is 2. The first-order valence-corrected chi connectivity index (χ1v) is 7.33. The van der Waals surface area contributed by atoms with Crippen molar-refractivity contribution in [3.8, 4) is 5.88 Å². The number of nitrogens with two attached hydrogens (primary N) is 1. The van der Waals surface area contributed by atoms with Crippen LogP contribution in [0.15, 0.2) is 0 Å². The molecule has 1 aromatic rings. The number of ether oxygens (including phenoxy) is 2. The Balaban J connectivity index is 2.71. The zero-order valence-corrected chi connectivity index (χ0v) is 12.7. The molecule has 0 fully saturated rings. The third kappa shape index (κ3) is 5.21. The number of hydrogen-bond acceptors (Lipinski definition) is 6. The van der Waals surface area contributed by atoms with E-state index in [-0.39, 0.29) is 0 Å². The van der Waals surface area contributed by atoms with Gasteiger partial charge in [0.25, 0.3) is 0 Å². The van der Waals surface area contributed by atoms with E-state index >= 15 is 0 Å². The van der Waals surface area contributed by atoms with Crippen LogP contribution in [0.5, 0.6) is 5.88 Å². The van der Waals surface area contributed by atoms with E-state index in [0.29, 0.717) is 24.0 Å². The lowest BCUT2D eigenvalue weighted by atomic mass is 10.3. The average molecular weight is 282 g/mol. The molecule has 0 unspecified atom stereocenters. The van der Waals surface area contributed by atoms with Crippen LogP contribution in [0.1, 0.15) is 39.4 Å². The Kier molecular flexibility index (Phi) is 7.72. The highest BCUT2D eigenvalue weighted by Gasteiger charge is 2.12. The third-order valence-corrected chi connectivity index (χ3v) is 2.67. The summed E-state index contributed by atoms with van der Waals surface area (Å²) in [7, 11) is 0. The molecule has 0 aromatic carbocycles. The molecule has 0 saturated heterocycles. The van der Waals surface area contributed by atoms with E-state index in [9.17, 15) is 0 Å². The van der Waals surface area contributed by atoms with Crippen LogP contribution in [-0.2, 0) is 11.2 Å². The predicted octanol–water partition coefficient (Wildman–Crippen LogP) is 2.25. The van der Waals surface area contributed by atoms with Crippen molar-refractivity contribution in [2.45, 2.75) is 40.0 Å². The SMILES string of the molecule is CCCc1nc(NCCCOCC)c(N)c(OCC)n1. The van der Waals surface area contributed by atoms with Gasteiger partial charge in [-0.15, -0.1) is 0 Å². The maximum atomic E-state index is 6.03. The Hall–Kier alpha value is -1.56. The van der Waals surface area contributed by atoms with Crippen molar-refractivity contribution in [3.05, 3.63) is 5.82 Å². The van der Waals surface area contributed by atoms with Crippen molar-refractivity contribution in [2.75, 3.05) is 37.4 Å². The van der Waals surface area contributed by atoms with Gasteiger partial charge in [-0.05, 0) is 26.7 Å². The second kappa shape index (κ2) is 9.36. The zero-order chi connectivity index (χ0) is 14.8. The number of nitrogen functional groups attached to an aromatic ring is 1. The Bertz CT molecular complexity index is 399. The second-order valence-electron chi connectivity index (χ2n) is 4.37. The molecule has 0 aliphatic rings. The van der Waals surface area contributed by atoms with Crippen molar-refractivity contribution in [3.63, 3.8) is 0 Å². The molecule has 6 nitrogen and oxygen atoms in total. The van der Waals surface area contributed by atoms with Crippen LogP contribution in [0.4, 0.5) is 11.5 Å². The Morgan fingerprint density at radius 1 is 1.15 bits per heavy atom. The Morgan fingerprint density at radius 3 is 2.60 bits per heavy atom. The lowest BCUT2D eigenvalue weighted by Gasteiger charge is -2.13. The molecular weight excluding hydrogens is 256 g/mol. The minimum Gasteiger partial charge on any atom is -0.476 e. The summed E-state index contributed by atoms with van der Waals surface area (Å²) in [6.07, 6.45) is 2.71. The smallest absolute Gasteiger partial charge is 0.242 e. The normalized spacial score (nSPS) is 10.6. The van der Waals surface area contributed by atoms with Crippen LogP contribution in [-0.4, -0.2) is 36.3 Å². The minimum absolute atomic E-state index is 0.471. The molecule has 1 heterocycles. The second-order valence-corrected chi connectivity index (χ2v) is 4.37. The largest absolute Gasteiger partial charge is 0.476 e. The van der Waals surface area contributed by atoms with E-state index in [1.165, 1.54) is 0 Å². The summed E-state index contributed by atoms with van der Waals surface area (Å²) >= 11 is 0. The van der Waals surface area contributed by atoms with Crippen LogP contribution in [0.25, 0.3) is 0 Å². The van der Waals surface area contributed by atoms with Gasteiger partial charge in [0.1, 0.15) is 11.5 Å². The summed E-state index contributed by atoms with van der Waals surface area (Å²) in [6, 6.07) is 0. The van der Waals surface area contributed by atoms with Gasteiger partial charge in [-0.1, -0.05) is 6.92 Å². The summed E-state index contributed by atoms with van der Waals surface area (Å²) in [5, 5.41) is 3.23. The third-order valence-electron chi connectivity index (χ3n) is 2.67. The molecule has 114 valence electrons. The van der Waals surface area contributed by atoms with Gasteiger partial charge in [-0.3, -0.25) is 0 Å². The highest BCUT2D eigenvalue weighted by Crippen LogP contribution is 2.26. The number of anilines is 2. The zero-order valence-electron chi connectivity index (χ0n) is 12.7. The lowest BCUT2D eigenvalue weighted by molar-refractivity contribution is 0.147. The van der Waals surface area contributed by atoms with Crippen LogP contribution in [0.3, 0.4) is 0 Å². The van der Waals surface area contributed by atoms with E-state index < -0.39 is 0 Å². The van der Waals surface area contributed by atoms with Crippen molar-refractivity contribution >= 4 is 11.5 Å². The van der Waals surface area contributed by atoms with Crippen molar-refractivity contribution in [2.24, 2.45) is 0 Å². The monoisotopic (exact) mass is 282 g/mol. The van der Waals surface area contributed by atoms with E-state index in [0.717, 1.165) is 44.8 Å². The molecule has 0 aliphatic heterocycles. The fourth-order valence-electron chi connectivity index (χ4n) is 1.74. The molecule has 0 spiro atoms. The number of aromatic nitrogens is 2. The minimum atomic E-state index is 0.471. The van der Waals surface area contributed by atoms with E-state index in [1.807, 2.05) is 13.8 Å². The first-order chi connectivity index (χ1) is 9.72. The fraction of sp³-hybridized carbons (Fsp3) is 0.714. The predicted molar refractivity (Wildman–Crippen MR) is 81.2 cm³/mol. The van der Waals surface area contributed by atoms with Gasteiger partial charge in [0.05, 0.1) is 6.61 Å². The maximum absolute atomic E-state index is 6.03. The molecule has 0 bridgehead atoms. The summed E-state index contributed by atoms with van der Waals surface area (Å²) in [6.45, 7) is 8.76. The first kappa shape index (κ1) is 16.5. The molecule has 0 aliphatic carbocycles. The van der Waals surface area contributed by atoms with Crippen LogP contribution < -0.4 is 15.8 Å². The average Bonchev–Trinajstić information content (AvgIpc) is 2.43. The van der Waals surface area contributed by atoms with Crippen LogP contribution in [0.2, 0.25) is 0 Å². The van der Waals surface area contributed by atoms with Crippen molar-refractivity contribution in [1.82, 2.24) is 9.97 Å². The summed E-state index contributed by atoms with van der Waals surface area (Å²) in [5.41, 5.74) is 6.51. The van der Waals surface area contributed by atoms with Gasteiger partial charge in [-0.2, -0.15) is 4.98 Å². The molecular formula is C14H26N4O2. The standard InChI is InChI=1S/C14H26N4O2/c1-4-8-11-17-13(16-9-7-10-19-5-2)12(15)14(18-11)20-6-3/h4-10,15H2,1-3H3,(H,16,17,18). The molecule has 20 heavy (non-hydrogen) atoms. The fourth-order valence-corrected chi connectivity index (χ4v) is 1.74. The number of rotatable bonds is 10. The van der Waals surface area contributed by atoms with Gasteiger partial charge in [0.15, 0.2) is 5.82 Å². The summed E-state index contributed by atoms with van der Waals surface area (Å²) in [4.78, 5) is 8.80. The molecule has 0 atom stereocenters. The van der Waals surface area contributed by atoms with E-state index in [2.05, 4.69) is 22.2 Å². The first-order valence-electron chi connectivity index (χ1n) is 7.33. The van der Waals surface area contributed by atoms with Crippen LogP contribution in [0, 0.1) is 0 Å². The van der Waals surface area contributed by atoms with Gasteiger partial charge in [-0.25, -0.2) is 4.98 Å². The van der Waals surface area contributed by atoms with Gasteiger partial charge >= 0.3 is 0 Å². The van der Waals surface area contributed by atoms with Crippen LogP contribution >= 0.6 is 0 Å². The highest BCUT2D eigenvalue weighted by molar-refractivity contribution is 5.66. The quantitative estimate of drug-likeness (QED) is 0.640. The summed E-state index contributed by atoms with van der Waals surface area (Å²) in [5.74, 6) is 1.89. The van der Waals surface area contributed by atoms with Crippen molar-refractivity contribution < 1.29 is 9.47 Å². The number of nitrogens with one attached hydrogen (secondary N) is 1. The molecule has 0 saturated carbocycles. The molecule has 0 amide bonds. The summed E-state index contributed by atoms with van der Waals surface area (Å²) < 4.78 is 10.8. The van der Waals surface area contributed by atoms with Gasteiger partial charge < -0.3 is 20.5 Å². The topological polar surface area (TPSA) is 82.3 Å². The van der Waals surface area contributed by atoms with Crippen molar-refractivity contribution in [1.29, 1.82) is 0 Å². The number of nitrogens with zero attached hydrogens (tertiary/aromatic N) is 2. The Morgan fingerprint density at radius 2 is 1.95 bits per heavy atom. The maximum Gasteiger partial charge on any atom is 0.242 e. The van der Waals surface area contributed by atoms with E-state index in [4.69, 9.17) is 15.2 Å². The number of aryl methyl sites for hydroxylation is 1. The molecule has 0 radical (unpaired) electrons. The molecule has 3 N–H and O–H groups in total. The van der Waals surface area contributed by atoms with Gasteiger partial charge in [0.2, 0.25) is 5.88 Å². The molecule has 1 aromatic heterocycles.